The van der Waals surface area contributed by atoms with Crippen LogP contribution in [0.1, 0.15) is 15.9 Å². The number of aromatic amines is 1. The standard InChI is InChI=1S/C18H16FN5O2/c19-14-3-1-2-12(8-14)10-23-6-7-24(11-17(23)25)18(26)13-4-5-15-16(9-13)21-22-20-15/h1-5,8-9H,6-7,10-11H2,(H,20,21,22). The molecule has 7 nitrogen and oxygen atoms in total. The van der Waals surface area contributed by atoms with E-state index < -0.39 is 0 Å². The number of amides is 2. The molecule has 1 saturated heterocycles. The van der Waals surface area contributed by atoms with Crippen LogP contribution in [0.2, 0.25) is 0 Å². The lowest BCUT2D eigenvalue weighted by Crippen LogP contribution is -2.51. The average molecular weight is 353 g/mol. The van der Waals surface area contributed by atoms with E-state index in [0.29, 0.717) is 36.2 Å². The molecule has 2 heterocycles. The van der Waals surface area contributed by atoms with Crippen LogP contribution in [0, 0.1) is 5.82 Å². The van der Waals surface area contributed by atoms with Gasteiger partial charge in [0.2, 0.25) is 5.91 Å². The lowest BCUT2D eigenvalue weighted by atomic mass is 10.1. The van der Waals surface area contributed by atoms with Crippen LogP contribution >= 0.6 is 0 Å². The first-order valence-corrected chi connectivity index (χ1v) is 8.22. The first kappa shape index (κ1) is 16.2. The molecule has 1 aromatic heterocycles. The molecular formula is C18H16FN5O2. The van der Waals surface area contributed by atoms with Crippen LogP contribution in [-0.4, -0.2) is 56.7 Å². The third kappa shape index (κ3) is 3.13. The van der Waals surface area contributed by atoms with Crippen molar-refractivity contribution in [2.45, 2.75) is 6.54 Å². The summed E-state index contributed by atoms with van der Waals surface area (Å²) in [6.07, 6.45) is 0. The van der Waals surface area contributed by atoms with Gasteiger partial charge in [-0.05, 0) is 35.9 Å². The van der Waals surface area contributed by atoms with Gasteiger partial charge in [0.15, 0.2) is 0 Å². The summed E-state index contributed by atoms with van der Waals surface area (Å²) in [6, 6.07) is 11.2. The van der Waals surface area contributed by atoms with Crippen molar-refractivity contribution in [3.8, 4) is 0 Å². The molecule has 0 aliphatic carbocycles. The number of piperazine rings is 1. The Kier molecular flexibility index (Phi) is 4.08. The maximum atomic E-state index is 13.3. The molecular weight excluding hydrogens is 337 g/mol. The minimum absolute atomic E-state index is 0.00496. The van der Waals surface area contributed by atoms with Crippen molar-refractivity contribution in [2.75, 3.05) is 19.6 Å². The van der Waals surface area contributed by atoms with Crippen molar-refractivity contribution >= 4 is 22.8 Å². The Balaban J connectivity index is 1.44. The molecule has 1 N–H and O–H groups in total. The molecule has 2 aromatic carbocycles. The number of fused-ring (bicyclic) bond motifs is 1. The van der Waals surface area contributed by atoms with Gasteiger partial charge in [0.25, 0.3) is 5.91 Å². The number of nitrogens with one attached hydrogen (secondary N) is 1. The molecule has 1 fully saturated rings. The summed E-state index contributed by atoms with van der Waals surface area (Å²) in [5.74, 6) is -0.697. The molecule has 1 aliphatic heterocycles. The van der Waals surface area contributed by atoms with Crippen LogP contribution in [0.3, 0.4) is 0 Å². The van der Waals surface area contributed by atoms with Gasteiger partial charge in [0.05, 0.1) is 0 Å². The maximum Gasteiger partial charge on any atom is 0.254 e. The Bertz CT molecular complexity index is 986. The Hall–Kier alpha value is -3.29. The van der Waals surface area contributed by atoms with Gasteiger partial charge in [-0.1, -0.05) is 12.1 Å². The molecule has 2 amide bonds. The second-order valence-corrected chi connectivity index (χ2v) is 6.20. The molecule has 3 aromatic rings. The highest BCUT2D eigenvalue weighted by atomic mass is 19.1. The number of nitrogens with zero attached hydrogens (tertiary/aromatic N) is 4. The molecule has 132 valence electrons. The SMILES string of the molecule is O=C1CN(C(=O)c2ccc3n[nH]nc3c2)CCN1Cc1cccc(F)c1. The summed E-state index contributed by atoms with van der Waals surface area (Å²) in [5.41, 5.74) is 2.48. The molecule has 0 bridgehead atoms. The number of H-pyrrole nitrogens is 1. The lowest BCUT2D eigenvalue weighted by Gasteiger charge is -2.34. The second-order valence-electron chi connectivity index (χ2n) is 6.20. The molecule has 26 heavy (non-hydrogen) atoms. The minimum Gasteiger partial charge on any atom is -0.335 e. The van der Waals surface area contributed by atoms with Crippen LogP contribution in [0.5, 0.6) is 0 Å². The third-order valence-electron chi connectivity index (χ3n) is 4.43. The summed E-state index contributed by atoms with van der Waals surface area (Å²) in [6.45, 7) is 1.18. The monoisotopic (exact) mass is 353 g/mol. The Morgan fingerprint density at radius 1 is 1.12 bits per heavy atom. The number of hydrogen-bond donors (Lipinski definition) is 1. The van der Waals surface area contributed by atoms with Gasteiger partial charge in [0, 0.05) is 25.2 Å². The lowest BCUT2D eigenvalue weighted by molar-refractivity contribution is -0.135. The number of benzene rings is 2. The predicted molar refractivity (Wildman–Crippen MR) is 91.6 cm³/mol. The number of halogens is 1. The van der Waals surface area contributed by atoms with E-state index in [9.17, 15) is 14.0 Å². The van der Waals surface area contributed by atoms with Gasteiger partial charge in [-0.3, -0.25) is 9.59 Å². The van der Waals surface area contributed by atoms with E-state index in [2.05, 4.69) is 15.4 Å². The van der Waals surface area contributed by atoms with Crippen molar-refractivity contribution in [1.29, 1.82) is 0 Å². The minimum atomic E-state index is -0.327. The van der Waals surface area contributed by atoms with Crippen molar-refractivity contribution in [1.82, 2.24) is 25.2 Å². The quantitative estimate of drug-likeness (QED) is 0.775. The Morgan fingerprint density at radius 3 is 2.77 bits per heavy atom. The second kappa shape index (κ2) is 6.55. The molecule has 0 saturated carbocycles. The smallest absolute Gasteiger partial charge is 0.254 e. The van der Waals surface area contributed by atoms with Crippen molar-refractivity contribution in [3.05, 3.63) is 59.4 Å². The number of carbonyl (C=O) groups is 2. The Labute approximate surface area is 148 Å². The van der Waals surface area contributed by atoms with Gasteiger partial charge in [-0.2, -0.15) is 15.4 Å². The fourth-order valence-corrected chi connectivity index (χ4v) is 3.06. The first-order valence-electron chi connectivity index (χ1n) is 8.22. The van der Waals surface area contributed by atoms with Gasteiger partial charge in [-0.15, -0.1) is 0 Å². The average Bonchev–Trinajstić information content (AvgIpc) is 3.10. The topological polar surface area (TPSA) is 82.2 Å². The van der Waals surface area contributed by atoms with Crippen LogP contribution in [-0.2, 0) is 11.3 Å². The number of hydrogen-bond acceptors (Lipinski definition) is 4. The number of aromatic nitrogens is 3. The molecule has 0 radical (unpaired) electrons. The number of rotatable bonds is 3. The summed E-state index contributed by atoms with van der Waals surface area (Å²) in [4.78, 5) is 28.2. The zero-order chi connectivity index (χ0) is 18.1. The molecule has 0 atom stereocenters. The summed E-state index contributed by atoms with van der Waals surface area (Å²) in [7, 11) is 0. The first-order chi connectivity index (χ1) is 12.6. The van der Waals surface area contributed by atoms with Crippen molar-refractivity contribution in [2.24, 2.45) is 0 Å². The maximum absolute atomic E-state index is 13.3. The zero-order valence-electron chi connectivity index (χ0n) is 13.9. The van der Waals surface area contributed by atoms with Gasteiger partial charge in [0.1, 0.15) is 23.4 Å². The largest absolute Gasteiger partial charge is 0.335 e. The highest BCUT2D eigenvalue weighted by Crippen LogP contribution is 2.16. The molecule has 1 aliphatic rings. The van der Waals surface area contributed by atoms with Crippen LogP contribution in [0.4, 0.5) is 4.39 Å². The van der Waals surface area contributed by atoms with Crippen LogP contribution in [0.25, 0.3) is 11.0 Å². The van der Waals surface area contributed by atoms with Crippen LogP contribution < -0.4 is 0 Å². The normalized spacial score (nSPS) is 14.9. The summed E-state index contributed by atoms with van der Waals surface area (Å²) >= 11 is 0. The van der Waals surface area contributed by atoms with E-state index in [-0.39, 0.29) is 24.2 Å². The van der Waals surface area contributed by atoms with Gasteiger partial charge < -0.3 is 9.80 Å². The zero-order valence-corrected chi connectivity index (χ0v) is 13.9. The third-order valence-corrected chi connectivity index (χ3v) is 4.43. The van der Waals surface area contributed by atoms with Gasteiger partial charge >= 0.3 is 0 Å². The highest BCUT2D eigenvalue weighted by molar-refractivity contribution is 5.99. The van der Waals surface area contributed by atoms with E-state index in [4.69, 9.17) is 0 Å². The molecule has 4 rings (SSSR count). The molecule has 0 spiro atoms. The van der Waals surface area contributed by atoms with E-state index >= 15 is 0 Å². The van der Waals surface area contributed by atoms with Crippen LogP contribution in [0.15, 0.2) is 42.5 Å². The fourth-order valence-electron chi connectivity index (χ4n) is 3.06. The highest BCUT2D eigenvalue weighted by Gasteiger charge is 2.28. The van der Waals surface area contributed by atoms with E-state index in [1.807, 2.05) is 0 Å². The summed E-state index contributed by atoms with van der Waals surface area (Å²) in [5, 5.41) is 10.4. The van der Waals surface area contributed by atoms with E-state index in [0.717, 1.165) is 5.56 Å². The van der Waals surface area contributed by atoms with E-state index in [1.54, 1.807) is 35.2 Å². The van der Waals surface area contributed by atoms with Crippen molar-refractivity contribution < 1.29 is 14.0 Å². The Morgan fingerprint density at radius 2 is 1.96 bits per heavy atom. The molecule has 0 unspecified atom stereocenters. The number of carbonyl (C=O) groups excluding carboxylic acids is 2. The van der Waals surface area contributed by atoms with E-state index in [1.165, 1.54) is 17.0 Å². The fraction of sp³-hybridized carbons (Fsp3) is 0.222. The van der Waals surface area contributed by atoms with Gasteiger partial charge in [-0.25, -0.2) is 4.39 Å². The summed E-state index contributed by atoms with van der Waals surface area (Å²) < 4.78 is 13.3. The predicted octanol–water partition coefficient (Wildman–Crippen LogP) is 1.58. The van der Waals surface area contributed by atoms with Crippen molar-refractivity contribution in [3.63, 3.8) is 0 Å². The molecule has 8 heteroatoms.